The van der Waals surface area contributed by atoms with Crippen LogP contribution in [0.1, 0.15) is 127 Å². The molecule has 0 aromatic rings. The number of esters is 1. The van der Waals surface area contributed by atoms with Crippen molar-refractivity contribution in [1.82, 2.24) is 0 Å². The molecule has 0 radical (unpaired) electrons. The highest BCUT2D eigenvalue weighted by atomic mass is 16.7. The second-order valence-corrected chi connectivity index (χ2v) is 21.0. The third-order valence-corrected chi connectivity index (χ3v) is 17.4. The number of ether oxygens (including phenoxy) is 10. The standard InChI is InChI=1S/C49H78O16/c1-25(2)26(3)19-38(51)63-37-24-36-45(8)15-14-32(20-31(45)13-16-48(36,54)49(55)18-17-47(53,30(7)50)46(37,49)9)62-39-22-34(57-11)43(28(5)60-39)65-41-23-35(58-12)44(29(6)61-41)64-40-21-33(56-10)42(52)27(4)59-40/h13,19,25,27-29,32-37,39-44,52-55H,14-18,20-24H2,1-12H3/b26-19+/t27-,28-,29-,32+,33-,34+,35+,36-,37-,39+,40+,41+,42-,43-,44-,45+,46-,47-,48+,49-/m0/s1. The van der Waals surface area contributed by atoms with Crippen LogP contribution in [0.3, 0.4) is 0 Å². The number of fused-ring (bicyclic) bond motifs is 5. The Morgan fingerprint density at radius 2 is 1.31 bits per heavy atom. The topological polar surface area (TPSA) is 207 Å². The Morgan fingerprint density at radius 3 is 1.85 bits per heavy atom. The molecule has 16 heteroatoms. The van der Waals surface area contributed by atoms with Gasteiger partial charge in [-0.25, -0.2) is 4.79 Å². The number of hydrogen-bond acceptors (Lipinski definition) is 16. The summed E-state index contributed by atoms with van der Waals surface area (Å²) >= 11 is 0. The van der Waals surface area contributed by atoms with Crippen molar-refractivity contribution in [2.45, 2.75) is 229 Å². The number of carbonyl (C=O) groups excluding carboxylic acids is 2. The van der Waals surface area contributed by atoms with Crippen LogP contribution in [0.5, 0.6) is 0 Å². The molecule has 0 amide bonds. The van der Waals surface area contributed by atoms with Crippen LogP contribution in [0.25, 0.3) is 0 Å². The van der Waals surface area contributed by atoms with Crippen LogP contribution in [-0.2, 0) is 57.0 Å². The summed E-state index contributed by atoms with van der Waals surface area (Å²) in [5, 5.41) is 48.3. The predicted octanol–water partition coefficient (Wildman–Crippen LogP) is 4.59. The van der Waals surface area contributed by atoms with Gasteiger partial charge in [0, 0.05) is 52.6 Å². The molecular formula is C49H78O16. The molecule has 3 aliphatic heterocycles. The Hall–Kier alpha value is -1.90. The number of allylic oxidation sites excluding steroid dienone is 1. The third-order valence-electron chi connectivity index (χ3n) is 17.4. The number of hydrogen-bond donors (Lipinski definition) is 4. The lowest BCUT2D eigenvalue weighted by Crippen LogP contribution is -2.78. The molecule has 6 fully saturated rings. The van der Waals surface area contributed by atoms with Gasteiger partial charge in [0.2, 0.25) is 0 Å². The van der Waals surface area contributed by atoms with Crippen LogP contribution in [0.4, 0.5) is 0 Å². The molecule has 3 heterocycles. The molecule has 0 spiro atoms. The van der Waals surface area contributed by atoms with Gasteiger partial charge in [-0.3, -0.25) is 4.79 Å². The van der Waals surface area contributed by atoms with E-state index >= 15 is 0 Å². The van der Waals surface area contributed by atoms with Crippen molar-refractivity contribution in [2.75, 3.05) is 21.3 Å². The van der Waals surface area contributed by atoms with Crippen LogP contribution >= 0.6 is 0 Å². The average molecular weight is 923 g/mol. The summed E-state index contributed by atoms with van der Waals surface area (Å²) in [7, 11) is 4.84. The molecule has 0 unspecified atom stereocenters. The van der Waals surface area contributed by atoms with Gasteiger partial charge in [0.05, 0.1) is 48.1 Å². The maximum atomic E-state index is 13.5. The molecule has 4 aliphatic carbocycles. The van der Waals surface area contributed by atoms with Gasteiger partial charge >= 0.3 is 5.97 Å². The Morgan fingerprint density at radius 1 is 0.769 bits per heavy atom. The van der Waals surface area contributed by atoms with E-state index in [1.165, 1.54) is 13.0 Å². The Kier molecular flexibility index (Phi) is 15.0. The van der Waals surface area contributed by atoms with Crippen molar-refractivity contribution in [2.24, 2.45) is 22.7 Å². The number of methoxy groups -OCH3 is 3. The molecule has 20 atom stereocenters. The smallest absolute Gasteiger partial charge is 0.330 e. The Bertz CT molecular complexity index is 1790. The van der Waals surface area contributed by atoms with Crippen LogP contribution in [0.2, 0.25) is 0 Å². The monoisotopic (exact) mass is 923 g/mol. The van der Waals surface area contributed by atoms with E-state index in [1.807, 2.05) is 40.7 Å². The molecular weight excluding hydrogens is 845 g/mol. The van der Waals surface area contributed by atoms with E-state index < -0.39 is 113 Å². The van der Waals surface area contributed by atoms with Gasteiger partial charge in [0.15, 0.2) is 24.7 Å². The van der Waals surface area contributed by atoms with Gasteiger partial charge < -0.3 is 67.8 Å². The molecule has 7 rings (SSSR count). The van der Waals surface area contributed by atoms with Crippen molar-refractivity contribution in [1.29, 1.82) is 0 Å². The number of aliphatic hydroxyl groups excluding tert-OH is 1. The predicted molar refractivity (Wildman–Crippen MR) is 234 cm³/mol. The summed E-state index contributed by atoms with van der Waals surface area (Å²) in [6.07, 6.45) is -0.620. The summed E-state index contributed by atoms with van der Waals surface area (Å²) in [6, 6.07) is 0. The van der Waals surface area contributed by atoms with Crippen molar-refractivity contribution < 1.29 is 77.4 Å². The first-order valence-corrected chi connectivity index (χ1v) is 24.0. The quantitative estimate of drug-likeness (QED) is 0.113. The minimum absolute atomic E-state index is 0.0276. The maximum Gasteiger partial charge on any atom is 0.330 e. The molecule has 7 aliphatic rings. The molecule has 16 nitrogen and oxygen atoms in total. The van der Waals surface area contributed by atoms with E-state index in [0.29, 0.717) is 38.5 Å². The number of ketones is 1. The molecule has 0 bridgehead atoms. The van der Waals surface area contributed by atoms with Gasteiger partial charge in [-0.1, -0.05) is 38.0 Å². The molecule has 3 saturated carbocycles. The van der Waals surface area contributed by atoms with Gasteiger partial charge in [-0.05, 0) is 97.8 Å². The lowest BCUT2D eigenvalue weighted by Gasteiger charge is -2.67. The summed E-state index contributed by atoms with van der Waals surface area (Å²) in [6.45, 7) is 16.4. The molecule has 0 aromatic carbocycles. The summed E-state index contributed by atoms with van der Waals surface area (Å²) < 4.78 is 62.1. The molecule has 370 valence electrons. The fourth-order valence-electron chi connectivity index (χ4n) is 12.9. The second-order valence-electron chi connectivity index (χ2n) is 21.0. The zero-order valence-corrected chi connectivity index (χ0v) is 40.7. The van der Waals surface area contributed by atoms with Crippen LogP contribution < -0.4 is 0 Å². The minimum Gasteiger partial charge on any atom is -0.458 e. The normalized spacial score (nSPS) is 49.1. The first kappa shape index (κ1) is 51.0. The van der Waals surface area contributed by atoms with Gasteiger partial charge in [-0.2, -0.15) is 0 Å². The second kappa shape index (κ2) is 19.1. The third kappa shape index (κ3) is 8.75. The highest BCUT2D eigenvalue weighted by Gasteiger charge is 2.81. The Balaban J connectivity index is 1.01. The molecule has 3 saturated heterocycles. The maximum absolute atomic E-state index is 13.5. The SMILES string of the molecule is CO[C@H]1C[C@@H](O[C@H]2[C@H](C)O[C@H](O[C@H]3[C@H](C)O[C@H](O[C@@H]4CC[C@]5(C)C(=CC[C@@]6(O)[C@H]5C[C@H](OC(=O)/C=C(\C)C(C)C)[C@]5(C)[C@@]6(O)CC[C@]5(O)C(C)=O)C4)C[C@H]3OC)C[C@H]2OC)O[C@@H](C)[C@@H]1O. The lowest BCUT2D eigenvalue weighted by molar-refractivity contribution is -0.338. The molecule has 4 N–H and O–H groups in total. The van der Waals surface area contributed by atoms with Crippen LogP contribution in [0.15, 0.2) is 23.3 Å². The number of aliphatic hydroxyl groups is 4. The van der Waals surface area contributed by atoms with E-state index in [0.717, 1.165) is 11.1 Å². The fourth-order valence-corrected chi connectivity index (χ4v) is 12.9. The zero-order valence-electron chi connectivity index (χ0n) is 40.7. The van der Waals surface area contributed by atoms with E-state index in [9.17, 15) is 30.0 Å². The highest BCUT2D eigenvalue weighted by molar-refractivity contribution is 5.87. The van der Waals surface area contributed by atoms with E-state index in [2.05, 4.69) is 6.92 Å². The van der Waals surface area contributed by atoms with Crippen molar-refractivity contribution >= 4 is 11.8 Å². The lowest BCUT2D eigenvalue weighted by atomic mass is 9.42. The minimum atomic E-state index is -2.02. The average Bonchev–Trinajstić information content (AvgIpc) is 3.48. The van der Waals surface area contributed by atoms with Gasteiger partial charge in [-0.15, -0.1) is 0 Å². The molecule has 65 heavy (non-hydrogen) atoms. The fraction of sp³-hybridized carbons (Fsp3) is 0.878. The first-order chi connectivity index (χ1) is 30.5. The number of rotatable bonds is 13. The van der Waals surface area contributed by atoms with Crippen molar-refractivity contribution in [3.63, 3.8) is 0 Å². The largest absolute Gasteiger partial charge is 0.458 e. The van der Waals surface area contributed by atoms with E-state index in [1.54, 1.807) is 35.2 Å². The van der Waals surface area contributed by atoms with E-state index in [4.69, 9.17) is 47.4 Å². The number of Topliss-reactive ketones (excluding diaryl/α,β-unsaturated/α-hetero) is 1. The summed E-state index contributed by atoms with van der Waals surface area (Å²) in [5.41, 5.74) is -6.04. The van der Waals surface area contributed by atoms with Gasteiger partial charge in [0.1, 0.15) is 41.2 Å². The first-order valence-electron chi connectivity index (χ1n) is 24.0. The zero-order chi connectivity index (χ0) is 47.6. The van der Waals surface area contributed by atoms with Gasteiger partial charge in [0.25, 0.3) is 0 Å². The van der Waals surface area contributed by atoms with Crippen molar-refractivity contribution in [3.8, 4) is 0 Å². The summed E-state index contributed by atoms with van der Waals surface area (Å²) in [4.78, 5) is 26.8. The molecule has 0 aromatic heterocycles. The van der Waals surface area contributed by atoms with Crippen molar-refractivity contribution in [3.05, 3.63) is 23.3 Å². The van der Waals surface area contributed by atoms with Crippen LogP contribution in [-0.4, -0.2) is 156 Å². The summed E-state index contributed by atoms with van der Waals surface area (Å²) in [5.74, 6) is -1.59. The van der Waals surface area contributed by atoms with E-state index in [-0.39, 0.29) is 49.9 Å². The van der Waals surface area contributed by atoms with Crippen LogP contribution in [0, 0.1) is 22.7 Å². The number of carbonyl (C=O) groups is 2. The Labute approximate surface area is 384 Å². The highest BCUT2D eigenvalue weighted by Crippen LogP contribution is 2.71.